The fraction of sp³-hybridized carbons (Fsp3) is 0.409. The van der Waals surface area contributed by atoms with Crippen LogP contribution in [0.15, 0.2) is 47.4 Å². The second-order valence-corrected chi connectivity index (χ2v) is 8.04. The summed E-state index contributed by atoms with van der Waals surface area (Å²) in [6.07, 6.45) is 7.58. The average Bonchev–Trinajstić information content (AvgIpc) is 3.47. The maximum Gasteiger partial charge on any atom is 0.267 e. The van der Waals surface area contributed by atoms with Gasteiger partial charge < -0.3 is 10.3 Å². The van der Waals surface area contributed by atoms with E-state index < -0.39 is 0 Å². The van der Waals surface area contributed by atoms with Crippen LogP contribution in [0.4, 0.5) is 0 Å². The van der Waals surface area contributed by atoms with Gasteiger partial charge in [-0.25, -0.2) is 4.68 Å². The minimum absolute atomic E-state index is 0.0179. The molecular weight excluding hydrogens is 352 g/mol. The van der Waals surface area contributed by atoms with E-state index in [1.54, 1.807) is 16.9 Å². The molecule has 2 heterocycles. The number of fused-ring (bicyclic) bond motifs is 1. The highest BCUT2D eigenvalue weighted by Gasteiger charge is 2.29. The average molecular weight is 376 g/mol. The SMILES string of the molecule is O=C(NC1CCC(n2nc(C3CC3)ccc2=O)CC1)c1c[nH]c2ccccc12. The predicted octanol–water partition coefficient (Wildman–Crippen LogP) is 3.52. The number of H-pyrrole nitrogens is 1. The summed E-state index contributed by atoms with van der Waals surface area (Å²) < 4.78 is 1.69. The van der Waals surface area contributed by atoms with Gasteiger partial charge in [0.25, 0.3) is 11.5 Å². The van der Waals surface area contributed by atoms with Gasteiger partial charge in [0.1, 0.15) is 0 Å². The maximum absolute atomic E-state index is 12.7. The summed E-state index contributed by atoms with van der Waals surface area (Å²) in [5, 5.41) is 8.75. The molecule has 28 heavy (non-hydrogen) atoms. The first-order valence-electron chi connectivity index (χ1n) is 10.2. The maximum atomic E-state index is 12.7. The molecule has 5 rings (SSSR count). The van der Waals surface area contributed by atoms with Crippen LogP contribution in [0.3, 0.4) is 0 Å². The van der Waals surface area contributed by atoms with Crippen molar-refractivity contribution in [2.75, 3.05) is 0 Å². The number of carbonyl (C=O) groups is 1. The van der Waals surface area contributed by atoms with Crippen molar-refractivity contribution in [2.24, 2.45) is 0 Å². The Morgan fingerprint density at radius 1 is 1.04 bits per heavy atom. The molecule has 2 fully saturated rings. The Kier molecular flexibility index (Phi) is 4.26. The standard InChI is InChI=1S/C22H24N4O2/c27-21-12-11-19(14-5-6-14)25-26(21)16-9-7-15(8-10-16)24-22(28)18-13-23-20-4-2-1-3-17(18)20/h1-4,11-16,23H,5-10H2,(H,24,28). The Hall–Kier alpha value is -2.89. The molecule has 0 saturated heterocycles. The molecule has 1 aromatic carbocycles. The van der Waals surface area contributed by atoms with E-state index >= 15 is 0 Å². The lowest BCUT2D eigenvalue weighted by atomic mass is 9.91. The smallest absolute Gasteiger partial charge is 0.267 e. The van der Waals surface area contributed by atoms with Gasteiger partial charge in [-0.05, 0) is 50.7 Å². The number of benzene rings is 1. The van der Waals surface area contributed by atoms with Crippen LogP contribution in [0.5, 0.6) is 0 Å². The van der Waals surface area contributed by atoms with Crippen molar-refractivity contribution >= 4 is 16.8 Å². The molecule has 2 aromatic heterocycles. The van der Waals surface area contributed by atoms with Gasteiger partial charge in [0, 0.05) is 35.1 Å². The molecule has 2 saturated carbocycles. The predicted molar refractivity (Wildman–Crippen MR) is 108 cm³/mol. The highest BCUT2D eigenvalue weighted by molar-refractivity contribution is 6.06. The fourth-order valence-corrected chi connectivity index (χ4v) is 4.29. The highest BCUT2D eigenvalue weighted by atomic mass is 16.2. The minimum Gasteiger partial charge on any atom is -0.360 e. The molecule has 3 aromatic rings. The number of hydrogen-bond acceptors (Lipinski definition) is 3. The fourth-order valence-electron chi connectivity index (χ4n) is 4.29. The van der Waals surface area contributed by atoms with Crippen LogP contribution in [0, 0.1) is 0 Å². The Morgan fingerprint density at radius 2 is 1.82 bits per heavy atom. The summed E-state index contributed by atoms with van der Waals surface area (Å²) in [5.41, 5.74) is 2.69. The summed E-state index contributed by atoms with van der Waals surface area (Å²) in [7, 11) is 0. The van der Waals surface area contributed by atoms with E-state index in [4.69, 9.17) is 0 Å². The largest absolute Gasteiger partial charge is 0.360 e. The number of rotatable bonds is 4. The number of nitrogens with zero attached hydrogens (tertiary/aromatic N) is 2. The van der Waals surface area contributed by atoms with Crippen molar-refractivity contribution in [3.63, 3.8) is 0 Å². The van der Waals surface area contributed by atoms with Crippen LogP contribution in [-0.4, -0.2) is 26.7 Å². The van der Waals surface area contributed by atoms with Gasteiger partial charge in [0.2, 0.25) is 0 Å². The zero-order chi connectivity index (χ0) is 19.1. The summed E-state index contributed by atoms with van der Waals surface area (Å²) in [6, 6.07) is 11.6. The third-order valence-corrected chi connectivity index (χ3v) is 6.05. The Morgan fingerprint density at radius 3 is 2.61 bits per heavy atom. The van der Waals surface area contributed by atoms with E-state index in [1.165, 1.54) is 12.8 Å². The van der Waals surface area contributed by atoms with E-state index in [2.05, 4.69) is 15.4 Å². The molecule has 2 aliphatic carbocycles. The van der Waals surface area contributed by atoms with E-state index in [0.717, 1.165) is 42.3 Å². The van der Waals surface area contributed by atoms with Gasteiger partial charge >= 0.3 is 0 Å². The van der Waals surface area contributed by atoms with Crippen LogP contribution < -0.4 is 10.9 Å². The summed E-state index contributed by atoms with van der Waals surface area (Å²) >= 11 is 0. The number of carbonyl (C=O) groups excluding carboxylic acids is 1. The van der Waals surface area contributed by atoms with Crippen LogP contribution >= 0.6 is 0 Å². The first kappa shape index (κ1) is 17.2. The monoisotopic (exact) mass is 376 g/mol. The second-order valence-electron chi connectivity index (χ2n) is 8.04. The van der Waals surface area contributed by atoms with Gasteiger partial charge in [-0.1, -0.05) is 18.2 Å². The van der Waals surface area contributed by atoms with Gasteiger partial charge in [0.15, 0.2) is 0 Å². The molecule has 0 atom stereocenters. The summed E-state index contributed by atoms with van der Waals surface area (Å²) in [5.74, 6) is 0.505. The molecule has 1 amide bonds. The van der Waals surface area contributed by atoms with Crippen molar-refractivity contribution in [2.45, 2.75) is 56.5 Å². The number of aromatic nitrogens is 3. The van der Waals surface area contributed by atoms with Gasteiger partial charge in [0.05, 0.1) is 17.3 Å². The molecule has 6 heteroatoms. The summed E-state index contributed by atoms with van der Waals surface area (Å²) in [4.78, 5) is 28.2. The molecule has 0 unspecified atom stereocenters. The molecule has 144 valence electrons. The lowest BCUT2D eigenvalue weighted by molar-refractivity contribution is 0.0923. The molecule has 0 bridgehead atoms. The van der Waals surface area contributed by atoms with E-state index in [1.807, 2.05) is 30.3 Å². The van der Waals surface area contributed by atoms with Gasteiger partial charge in [-0.2, -0.15) is 5.10 Å². The second kappa shape index (κ2) is 6.93. The molecule has 6 nitrogen and oxygen atoms in total. The van der Waals surface area contributed by atoms with Crippen LogP contribution in [0.1, 0.15) is 66.5 Å². The number of aromatic amines is 1. The Bertz CT molecular complexity index is 1070. The molecule has 0 aliphatic heterocycles. The van der Waals surface area contributed by atoms with Crippen LogP contribution in [0.25, 0.3) is 10.9 Å². The number of para-hydroxylation sites is 1. The highest BCUT2D eigenvalue weighted by Crippen LogP contribution is 2.38. The molecule has 0 spiro atoms. The van der Waals surface area contributed by atoms with E-state index in [9.17, 15) is 9.59 Å². The zero-order valence-electron chi connectivity index (χ0n) is 15.7. The normalized spacial score (nSPS) is 22.3. The number of hydrogen-bond donors (Lipinski definition) is 2. The van der Waals surface area contributed by atoms with E-state index in [0.29, 0.717) is 11.5 Å². The van der Waals surface area contributed by atoms with Gasteiger partial charge in [-0.3, -0.25) is 9.59 Å². The molecule has 2 aliphatic rings. The lowest BCUT2D eigenvalue weighted by Crippen LogP contribution is -2.39. The number of nitrogens with one attached hydrogen (secondary N) is 2. The minimum atomic E-state index is -0.0353. The van der Waals surface area contributed by atoms with Crippen molar-refractivity contribution in [1.29, 1.82) is 0 Å². The first-order chi connectivity index (χ1) is 13.7. The van der Waals surface area contributed by atoms with Crippen LogP contribution in [0.2, 0.25) is 0 Å². The summed E-state index contributed by atoms with van der Waals surface area (Å²) in [6.45, 7) is 0. The van der Waals surface area contributed by atoms with Crippen molar-refractivity contribution in [1.82, 2.24) is 20.1 Å². The number of amides is 1. The topological polar surface area (TPSA) is 79.8 Å². The Labute approximate surface area is 163 Å². The Balaban J connectivity index is 1.24. The van der Waals surface area contributed by atoms with Gasteiger partial charge in [-0.15, -0.1) is 0 Å². The first-order valence-corrected chi connectivity index (χ1v) is 10.2. The third kappa shape index (κ3) is 3.23. The van der Waals surface area contributed by atoms with Crippen molar-refractivity contribution in [3.8, 4) is 0 Å². The van der Waals surface area contributed by atoms with Crippen LogP contribution in [-0.2, 0) is 0 Å². The molecule has 2 N–H and O–H groups in total. The molecular formula is C22H24N4O2. The van der Waals surface area contributed by atoms with E-state index in [-0.39, 0.29) is 23.6 Å². The van der Waals surface area contributed by atoms with Crippen molar-refractivity contribution in [3.05, 3.63) is 64.2 Å². The zero-order valence-corrected chi connectivity index (χ0v) is 15.7. The van der Waals surface area contributed by atoms with Crippen molar-refractivity contribution < 1.29 is 4.79 Å². The quantitative estimate of drug-likeness (QED) is 0.731. The third-order valence-electron chi connectivity index (χ3n) is 6.05. The molecule has 0 radical (unpaired) electrons. The lowest BCUT2D eigenvalue weighted by Gasteiger charge is -2.29.